The van der Waals surface area contributed by atoms with E-state index in [1.807, 2.05) is 0 Å². The summed E-state index contributed by atoms with van der Waals surface area (Å²) in [7, 11) is -3.82. The molecule has 0 saturated heterocycles. The van der Waals surface area contributed by atoms with Crippen LogP contribution in [0.2, 0.25) is 0 Å². The number of nitrogens with zero attached hydrogens (tertiary/aromatic N) is 3. The highest BCUT2D eigenvalue weighted by atomic mass is 32.2. The molecule has 196 valence electrons. The number of ether oxygens (including phenoxy) is 1. The van der Waals surface area contributed by atoms with E-state index in [4.69, 9.17) is 5.73 Å². The fraction of sp³-hybridized carbons (Fsp3) is 0.409. The van der Waals surface area contributed by atoms with Crippen molar-refractivity contribution in [2.24, 2.45) is 10.7 Å². The Bertz CT molecular complexity index is 1310. The molecule has 0 saturated carbocycles. The van der Waals surface area contributed by atoms with Crippen molar-refractivity contribution < 1.29 is 39.5 Å². The Morgan fingerprint density at radius 2 is 1.89 bits per heavy atom. The van der Waals surface area contributed by atoms with E-state index in [2.05, 4.69) is 19.7 Å². The summed E-state index contributed by atoms with van der Waals surface area (Å²) >= 11 is 0. The molecular formula is C22H22F6N4O3S. The van der Waals surface area contributed by atoms with Gasteiger partial charge in [-0.1, -0.05) is 6.07 Å². The average Bonchev–Trinajstić information content (AvgIpc) is 2.77. The first kappa shape index (κ1) is 27.4. The zero-order chi connectivity index (χ0) is 27.1. The van der Waals surface area contributed by atoms with Crippen LogP contribution in [0, 0.1) is 5.82 Å². The lowest BCUT2D eigenvalue weighted by atomic mass is 9.91. The molecule has 2 N–H and O–H groups in total. The summed E-state index contributed by atoms with van der Waals surface area (Å²) in [6.45, 7) is 2.55. The number of hydrogen-bond acceptors (Lipinski definition) is 7. The molecule has 2 aromatic rings. The lowest BCUT2D eigenvalue weighted by molar-refractivity contribution is -0.148. The van der Waals surface area contributed by atoms with Crippen LogP contribution in [-0.2, 0) is 15.4 Å². The lowest BCUT2D eigenvalue weighted by Gasteiger charge is -2.38. The van der Waals surface area contributed by atoms with Crippen LogP contribution in [-0.4, -0.2) is 53.7 Å². The van der Waals surface area contributed by atoms with E-state index >= 15 is 0 Å². The van der Waals surface area contributed by atoms with E-state index in [0.717, 1.165) is 24.5 Å². The second-order valence-corrected chi connectivity index (χ2v) is 11.4. The first-order chi connectivity index (χ1) is 16.5. The molecule has 0 spiro atoms. The first-order valence-electron chi connectivity index (χ1n) is 10.3. The maximum atomic E-state index is 14.8. The van der Waals surface area contributed by atoms with E-state index < -0.39 is 62.4 Å². The van der Waals surface area contributed by atoms with E-state index in [0.29, 0.717) is 0 Å². The van der Waals surface area contributed by atoms with Gasteiger partial charge >= 0.3 is 12.3 Å². The normalized spacial score (nSPS) is 21.8. The highest BCUT2D eigenvalue weighted by Gasteiger charge is 2.49. The average molecular weight is 536 g/mol. The molecule has 0 fully saturated rings. The summed E-state index contributed by atoms with van der Waals surface area (Å²) < 4.78 is 108. The predicted octanol–water partition coefficient (Wildman–Crippen LogP) is 4.14. The van der Waals surface area contributed by atoms with Crippen molar-refractivity contribution in [1.29, 1.82) is 0 Å². The largest absolute Gasteiger partial charge is 0.470 e. The topological polar surface area (TPSA) is 108 Å². The standard InChI is InChI=1S/C22H22F6N4O3S/c1-20(2)19(29)32-21(3,11-36(20,33)34)13-6-12(4-5-14(13)23)7-15(24)16-8-31-17(9-30-16)35-10-22(27,28)18(25)26/h4-9,18H,10-11H2,1-3H3,(H2,29,32)/b15-7-/t21-/m0/s1. The number of hydrogen-bond donors (Lipinski definition) is 1. The van der Waals surface area contributed by atoms with Gasteiger partial charge in [0.1, 0.15) is 27.6 Å². The van der Waals surface area contributed by atoms with Crippen LogP contribution < -0.4 is 10.5 Å². The van der Waals surface area contributed by atoms with Crippen molar-refractivity contribution in [1.82, 2.24) is 9.97 Å². The second-order valence-electron chi connectivity index (χ2n) is 8.86. The molecule has 2 heterocycles. The summed E-state index contributed by atoms with van der Waals surface area (Å²) in [4.78, 5) is 11.5. The molecule has 0 radical (unpaired) electrons. The number of aliphatic imine (C=N–C) groups is 1. The minimum absolute atomic E-state index is 0.124. The van der Waals surface area contributed by atoms with Gasteiger partial charge in [-0.05, 0) is 44.5 Å². The first-order valence-corrected chi connectivity index (χ1v) is 12.0. The van der Waals surface area contributed by atoms with E-state index in [1.165, 1.54) is 32.9 Å². The van der Waals surface area contributed by atoms with Crippen molar-refractivity contribution in [3.05, 3.63) is 53.2 Å². The SMILES string of the molecule is CC1(C)C(N)=N[C@](C)(c2cc(/C=C(\F)c3cnc(OCC(F)(F)C(F)F)cn3)ccc2F)CS1(=O)=O. The van der Waals surface area contributed by atoms with Crippen molar-refractivity contribution in [2.75, 3.05) is 12.4 Å². The van der Waals surface area contributed by atoms with Crippen LogP contribution in [0.5, 0.6) is 5.88 Å². The third-order valence-electron chi connectivity index (χ3n) is 5.70. The molecule has 1 aliphatic heterocycles. The summed E-state index contributed by atoms with van der Waals surface area (Å²) in [5.74, 6) is -7.38. The van der Waals surface area contributed by atoms with E-state index in [9.17, 15) is 34.8 Å². The van der Waals surface area contributed by atoms with Crippen LogP contribution in [0.3, 0.4) is 0 Å². The molecule has 7 nitrogen and oxygen atoms in total. The van der Waals surface area contributed by atoms with Gasteiger partial charge in [-0.3, -0.25) is 4.99 Å². The summed E-state index contributed by atoms with van der Waals surface area (Å²) in [6, 6.07) is 3.47. The van der Waals surface area contributed by atoms with Gasteiger partial charge in [0, 0.05) is 5.56 Å². The quantitative estimate of drug-likeness (QED) is 0.533. The monoisotopic (exact) mass is 536 g/mol. The van der Waals surface area contributed by atoms with Crippen molar-refractivity contribution in [2.45, 2.75) is 43.4 Å². The van der Waals surface area contributed by atoms with Crippen molar-refractivity contribution in [3.63, 3.8) is 0 Å². The predicted molar refractivity (Wildman–Crippen MR) is 121 cm³/mol. The number of benzene rings is 1. The molecule has 14 heteroatoms. The Hall–Kier alpha value is -3.16. The number of aromatic nitrogens is 2. The van der Waals surface area contributed by atoms with Crippen LogP contribution in [0.15, 0.2) is 35.6 Å². The smallest absolute Gasteiger partial charge is 0.340 e. The molecule has 3 rings (SSSR count). The Kier molecular flexibility index (Phi) is 7.14. The number of rotatable bonds is 7. The maximum Gasteiger partial charge on any atom is 0.340 e. The number of nitrogens with two attached hydrogens (primary N) is 1. The fourth-order valence-corrected chi connectivity index (χ4v) is 4.98. The van der Waals surface area contributed by atoms with Gasteiger partial charge in [0.05, 0.1) is 18.1 Å². The molecule has 0 aliphatic carbocycles. The molecule has 0 unspecified atom stereocenters. The second kappa shape index (κ2) is 9.37. The highest BCUT2D eigenvalue weighted by molar-refractivity contribution is 7.93. The molecule has 1 aromatic heterocycles. The molecule has 1 atom stereocenters. The number of alkyl halides is 4. The summed E-state index contributed by atoms with van der Waals surface area (Å²) in [5, 5.41) is 0. The van der Waals surface area contributed by atoms with Crippen molar-refractivity contribution in [3.8, 4) is 5.88 Å². The molecule has 0 bridgehead atoms. The Labute approximate surface area is 203 Å². The lowest BCUT2D eigenvalue weighted by Crippen LogP contribution is -2.55. The van der Waals surface area contributed by atoms with Gasteiger partial charge in [0.2, 0.25) is 5.88 Å². The van der Waals surface area contributed by atoms with Crippen molar-refractivity contribution >= 4 is 27.6 Å². The fourth-order valence-electron chi connectivity index (χ4n) is 3.29. The van der Waals surface area contributed by atoms with E-state index in [1.54, 1.807) is 0 Å². The number of sulfone groups is 1. The minimum atomic E-state index is -4.40. The summed E-state index contributed by atoms with van der Waals surface area (Å²) in [6.07, 6.45) is -1.38. The van der Waals surface area contributed by atoms with E-state index in [-0.39, 0.29) is 22.7 Å². The molecule has 0 amide bonds. The maximum absolute atomic E-state index is 14.8. The van der Waals surface area contributed by atoms with Crippen LogP contribution in [0.1, 0.15) is 37.6 Å². The molecule has 36 heavy (non-hydrogen) atoms. The minimum Gasteiger partial charge on any atom is -0.470 e. The zero-order valence-electron chi connectivity index (χ0n) is 19.3. The van der Waals surface area contributed by atoms with Crippen LogP contribution in [0.25, 0.3) is 11.9 Å². The Morgan fingerprint density at radius 1 is 1.22 bits per heavy atom. The van der Waals surface area contributed by atoms with Gasteiger partial charge in [0.25, 0.3) is 0 Å². The van der Waals surface area contributed by atoms with Gasteiger partial charge in [0.15, 0.2) is 22.3 Å². The zero-order valence-corrected chi connectivity index (χ0v) is 20.1. The third-order valence-corrected chi connectivity index (χ3v) is 8.41. The molecular weight excluding hydrogens is 514 g/mol. The highest BCUT2D eigenvalue weighted by Crippen LogP contribution is 2.38. The van der Waals surface area contributed by atoms with Gasteiger partial charge < -0.3 is 10.5 Å². The number of halogens is 6. The molecule has 1 aromatic carbocycles. The van der Waals surface area contributed by atoms with Crippen LogP contribution in [0.4, 0.5) is 26.3 Å². The van der Waals surface area contributed by atoms with Gasteiger partial charge in [-0.15, -0.1) is 0 Å². The van der Waals surface area contributed by atoms with Gasteiger partial charge in [-0.2, -0.15) is 8.78 Å². The Morgan fingerprint density at radius 3 is 2.44 bits per heavy atom. The number of amidine groups is 1. The summed E-state index contributed by atoms with van der Waals surface area (Å²) in [5.41, 5.74) is 3.97. The van der Waals surface area contributed by atoms with Crippen LogP contribution >= 0.6 is 0 Å². The van der Waals surface area contributed by atoms with Gasteiger partial charge in [-0.25, -0.2) is 35.9 Å². The third kappa shape index (κ3) is 5.32. The molecule has 1 aliphatic rings. The Balaban J connectivity index is 1.87.